The molecule has 172 valence electrons. The number of para-hydroxylation sites is 1. The Balaban J connectivity index is 1.91. The van der Waals surface area contributed by atoms with Crippen LogP contribution in [-0.4, -0.2) is 28.8 Å². The summed E-state index contributed by atoms with van der Waals surface area (Å²) in [5.74, 6) is -3.05. The molecule has 0 aliphatic carbocycles. The van der Waals surface area contributed by atoms with Gasteiger partial charge in [-0.15, -0.1) is 0 Å². The Morgan fingerprint density at radius 2 is 1.82 bits per heavy atom. The highest BCUT2D eigenvalue weighted by molar-refractivity contribution is 6.30. The molecule has 0 bridgehead atoms. The number of aliphatic hydroxyl groups excluding tert-OH is 1. The lowest BCUT2D eigenvalue weighted by Gasteiger charge is -2.27. The number of Topliss-reactive ketones (excluding diaryl/α,β-unsaturated/α-hetero) is 1. The monoisotopic (exact) mass is 482 g/mol. The number of methoxy groups -OCH3 is 1. The van der Waals surface area contributed by atoms with Gasteiger partial charge >= 0.3 is 0 Å². The zero-order chi connectivity index (χ0) is 24.6. The van der Waals surface area contributed by atoms with E-state index in [4.69, 9.17) is 16.3 Å². The topological polar surface area (TPSA) is 110 Å². The van der Waals surface area contributed by atoms with E-state index in [1.54, 1.807) is 12.1 Å². The van der Waals surface area contributed by atoms with Crippen LogP contribution in [0.25, 0.3) is 0 Å². The second kappa shape index (κ2) is 8.95. The van der Waals surface area contributed by atoms with E-state index < -0.39 is 45.5 Å². The van der Waals surface area contributed by atoms with E-state index in [1.165, 1.54) is 49.6 Å². The molecule has 1 amide bonds. The van der Waals surface area contributed by atoms with Crippen LogP contribution in [0.15, 0.2) is 78.1 Å². The van der Waals surface area contributed by atoms with Crippen LogP contribution in [0.3, 0.4) is 0 Å². The van der Waals surface area contributed by atoms with Crippen molar-refractivity contribution in [1.29, 1.82) is 0 Å². The van der Waals surface area contributed by atoms with Gasteiger partial charge in [0.15, 0.2) is 5.76 Å². The maximum Gasteiger partial charge on any atom is 0.294 e. The average Bonchev–Trinajstić information content (AvgIpc) is 3.10. The first-order valence-electron chi connectivity index (χ1n) is 9.88. The third-order valence-electron chi connectivity index (χ3n) is 5.41. The summed E-state index contributed by atoms with van der Waals surface area (Å²) in [6.07, 6.45) is 0. The standard InChI is InChI=1S/C24H16ClFN2O6/c1-34-15-9-7-14(8-10-15)27-21(13-6-11-17(25)18(26)12-13)20(23(30)24(27)31)22(29)16-4-2-3-5-19(16)28(32)33/h2-12,21,30H,1H3. The second-order valence-electron chi connectivity index (χ2n) is 7.31. The van der Waals surface area contributed by atoms with E-state index in [2.05, 4.69) is 0 Å². The zero-order valence-electron chi connectivity index (χ0n) is 17.6. The predicted octanol–water partition coefficient (Wildman–Crippen LogP) is 5.18. The maximum absolute atomic E-state index is 14.4. The van der Waals surface area contributed by atoms with Crippen molar-refractivity contribution in [2.45, 2.75) is 6.04 Å². The van der Waals surface area contributed by atoms with E-state index >= 15 is 0 Å². The fourth-order valence-electron chi connectivity index (χ4n) is 3.81. The SMILES string of the molecule is COc1ccc(N2C(=O)C(O)=C(C(=O)c3ccccc3[N+](=O)[O-])C2c2ccc(Cl)c(F)c2)cc1. The minimum atomic E-state index is -1.28. The Morgan fingerprint density at radius 3 is 2.44 bits per heavy atom. The van der Waals surface area contributed by atoms with Gasteiger partial charge in [0.05, 0.1) is 28.7 Å². The van der Waals surface area contributed by atoms with Crippen LogP contribution in [0.5, 0.6) is 5.75 Å². The molecule has 34 heavy (non-hydrogen) atoms. The quantitative estimate of drug-likeness (QED) is 0.294. The molecule has 1 atom stereocenters. The van der Waals surface area contributed by atoms with Gasteiger partial charge in [0, 0.05) is 11.8 Å². The number of ether oxygens (including phenoxy) is 1. The number of hydrogen-bond acceptors (Lipinski definition) is 6. The van der Waals surface area contributed by atoms with Crippen molar-refractivity contribution in [3.8, 4) is 5.75 Å². The molecule has 1 heterocycles. The largest absolute Gasteiger partial charge is 0.503 e. The van der Waals surface area contributed by atoms with Crippen LogP contribution in [0.2, 0.25) is 5.02 Å². The summed E-state index contributed by atoms with van der Waals surface area (Å²) in [6.45, 7) is 0. The average molecular weight is 483 g/mol. The van der Waals surface area contributed by atoms with Crippen LogP contribution in [0, 0.1) is 15.9 Å². The summed E-state index contributed by atoms with van der Waals surface area (Å²) < 4.78 is 19.5. The summed E-state index contributed by atoms with van der Waals surface area (Å²) >= 11 is 5.81. The summed E-state index contributed by atoms with van der Waals surface area (Å²) in [5.41, 5.74) is -0.820. The van der Waals surface area contributed by atoms with Gasteiger partial charge < -0.3 is 9.84 Å². The number of aliphatic hydroxyl groups is 1. The first-order chi connectivity index (χ1) is 16.2. The molecule has 0 spiro atoms. The molecule has 10 heteroatoms. The number of nitrogens with zero attached hydrogens (tertiary/aromatic N) is 2. The first kappa shape index (κ1) is 22.9. The number of nitro benzene ring substituents is 1. The lowest BCUT2D eigenvalue weighted by atomic mass is 9.92. The van der Waals surface area contributed by atoms with Crippen molar-refractivity contribution in [2.75, 3.05) is 12.0 Å². The third kappa shape index (κ3) is 3.86. The zero-order valence-corrected chi connectivity index (χ0v) is 18.3. The van der Waals surface area contributed by atoms with Gasteiger partial charge in [-0.25, -0.2) is 4.39 Å². The molecule has 1 aliphatic rings. The summed E-state index contributed by atoms with van der Waals surface area (Å²) in [4.78, 5) is 38.5. The molecule has 0 saturated heterocycles. The van der Waals surface area contributed by atoms with Crippen molar-refractivity contribution < 1.29 is 28.7 Å². The summed E-state index contributed by atoms with van der Waals surface area (Å²) in [6, 6.07) is 13.8. The van der Waals surface area contributed by atoms with Gasteiger partial charge in [-0.1, -0.05) is 29.8 Å². The Bertz CT molecular complexity index is 1360. The summed E-state index contributed by atoms with van der Waals surface area (Å²) in [5, 5.41) is 22.1. The number of hydrogen-bond donors (Lipinski definition) is 1. The van der Waals surface area contributed by atoms with E-state index in [0.717, 1.165) is 17.0 Å². The Morgan fingerprint density at radius 1 is 1.15 bits per heavy atom. The number of benzene rings is 3. The van der Waals surface area contributed by atoms with Crippen LogP contribution in [0.4, 0.5) is 15.8 Å². The molecule has 0 aromatic heterocycles. The van der Waals surface area contributed by atoms with Gasteiger partial charge in [-0.3, -0.25) is 24.6 Å². The van der Waals surface area contributed by atoms with Crippen molar-refractivity contribution in [2.24, 2.45) is 0 Å². The van der Waals surface area contributed by atoms with Gasteiger partial charge in [-0.2, -0.15) is 0 Å². The number of carbonyl (C=O) groups is 2. The van der Waals surface area contributed by atoms with Crippen LogP contribution >= 0.6 is 11.6 Å². The highest BCUT2D eigenvalue weighted by atomic mass is 35.5. The molecule has 8 nitrogen and oxygen atoms in total. The smallest absolute Gasteiger partial charge is 0.294 e. The van der Waals surface area contributed by atoms with Crippen LogP contribution < -0.4 is 9.64 Å². The molecule has 0 saturated carbocycles. The molecule has 4 rings (SSSR count). The van der Waals surface area contributed by atoms with Crippen LogP contribution in [-0.2, 0) is 4.79 Å². The van der Waals surface area contributed by atoms with E-state index in [1.807, 2.05) is 0 Å². The number of halogens is 2. The molecule has 1 aliphatic heterocycles. The lowest BCUT2D eigenvalue weighted by molar-refractivity contribution is -0.385. The molecule has 1 N–H and O–H groups in total. The molecule has 3 aromatic rings. The van der Waals surface area contributed by atoms with Crippen LogP contribution in [0.1, 0.15) is 22.0 Å². The Kier molecular flexibility index (Phi) is 6.04. The van der Waals surface area contributed by atoms with E-state index in [-0.39, 0.29) is 21.8 Å². The van der Waals surface area contributed by atoms with E-state index in [0.29, 0.717) is 5.75 Å². The van der Waals surface area contributed by atoms with Crippen molar-refractivity contribution >= 4 is 34.7 Å². The highest BCUT2D eigenvalue weighted by Crippen LogP contribution is 2.43. The maximum atomic E-state index is 14.4. The number of rotatable bonds is 6. The van der Waals surface area contributed by atoms with Gasteiger partial charge in [0.2, 0.25) is 5.78 Å². The third-order valence-corrected chi connectivity index (χ3v) is 5.71. The van der Waals surface area contributed by atoms with Gasteiger partial charge in [0.25, 0.3) is 11.6 Å². The molecular weight excluding hydrogens is 467 g/mol. The Hall–Kier alpha value is -4.24. The molecular formula is C24H16ClFN2O6. The molecule has 3 aromatic carbocycles. The van der Waals surface area contributed by atoms with E-state index in [9.17, 15) is 29.2 Å². The number of ketones is 1. The number of carbonyl (C=O) groups excluding carboxylic acids is 2. The second-order valence-corrected chi connectivity index (χ2v) is 7.72. The number of amides is 1. The van der Waals surface area contributed by atoms with Crippen molar-refractivity contribution in [1.82, 2.24) is 0 Å². The van der Waals surface area contributed by atoms with Gasteiger partial charge in [-0.05, 0) is 48.0 Å². The predicted molar refractivity (Wildman–Crippen MR) is 122 cm³/mol. The Labute approximate surface area is 197 Å². The number of anilines is 1. The normalized spacial score (nSPS) is 15.6. The lowest BCUT2D eigenvalue weighted by Crippen LogP contribution is -2.31. The van der Waals surface area contributed by atoms with Crippen molar-refractivity contribution in [3.05, 3.63) is 110 Å². The molecule has 0 fully saturated rings. The van der Waals surface area contributed by atoms with Gasteiger partial charge in [0.1, 0.15) is 17.1 Å². The highest BCUT2D eigenvalue weighted by Gasteiger charge is 2.45. The molecule has 0 radical (unpaired) electrons. The number of nitro groups is 1. The fraction of sp³-hybridized carbons (Fsp3) is 0.0833. The fourth-order valence-corrected chi connectivity index (χ4v) is 3.93. The summed E-state index contributed by atoms with van der Waals surface area (Å²) in [7, 11) is 1.46. The minimum Gasteiger partial charge on any atom is -0.503 e. The molecule has 1 unspecified atom stereocenters. The minimum absolute atomic E-state index is 0.136. The first-order valence-corrected chi connectivity index (χ1v) is 10.3. The van der Waals surface area contributed by atoms with Crippen molar-refractivity contribution in [3.63, 3.8) is 0 Å².